The highest BCUT2D eigenvalue weighted by Gasteiger charge is 2.16. The monoisotopic (exact) mass is 227 g/mol. The van der Waals surface area contributed by atoms with Crippen LogP contribution < -0.4 is 10.2 Å². The van der Waals surface area contributed by atoms with Crippen molar-refractivity contribution in [1.82, 2.24) is 9.69 Å². The average molecular weight is 227 g/mol. The van der Waals surface area contributed by atoms with E-state index in [1.165, 1.54) is 18.6 Å². The van der Waals surface area contributed by atoms with E-state index < -0.39 is 0 Å². The van der Waals surface area contributed by atoms with Crippen LogP contribution in [-0.4, -0.2) is 43.6 Å². The molecule has 1 aliphatic rings. The van der Waals surface area contributed by atoms with Gasteiger partial charge in [-0.15, -0.1) is 0 Å². The minimum absolute atomic E-state index is 0.368. The number of ether oxygens (including phenoxy) is 1. The van der Waals surface area contributed by atoms with E-state index in [1.54, 1.807) is 6.07 Å². The smallest absolute Gasteiger partial charge is 0.357 e. The van der Waals surface area contributed by atoms with Gasteiger partial charge in [0.15, 0.2) is 5.69 Å². The molecule has 1 N–H and O–H groups in total. The largest absolute Gasteiger partial charge is 0.464 e. The Labute approximate surface area is 92.2 Å². The fraction of sp³-hybridized carbons (Fsp3) is 0.556. The molecule has 2 heterocycles. The van der Waals surface area contributed by atoms with Gasteiger partial charge in [-0.25, -0.2) is 4.79 Å². The first-order valence-electron chi connectivity index (χ1n) is 4.82. The predicted molar refractivity (Wildman–Crippen MR) is 58.5 cm³/mol. The molecule has 1 fully saturated rings. The van der Waals surface area contributed by atoms with Crippen LogP contribution in [0, 0.1) is 0 Å². The second kappa shape index (κ2) is 4.59. The summed E-state index contributed by atoms with van der Waals surface area (Å²) in [6, 6.07) is 1.79. The molecule has 0 bridgehead atoms. The molecular formula is C9H13N3O2S. The van der Waals surface area contributed by atoms with Crippen LogP contribution in [0.15, 0.2) is 6.07 Å². The lowest BCUT2D eigenvalue weighted by Gasteiger charge is -2.27. The lowest BCUT2D eigenvalue weighted by molar-refractivity contribution is 0.0595. The van der Waals surface area contributed by atoms with E-state index in [-0.39, 0.29) is 5.97 Å². The van der Waals surface area contributed by atoms with Crippen LogP contribution in [0.4, 0.5) is 5.00 Å². The quantitative estimate of drug-likeness (QED) is 0.738. The van der Waals surface area contributed by atoms with Gasteiger partial charge in [0.2, 0.25) is 0 Å². The lowest BCUT2D eigenvalue weighted by atomic mass is 10.3. The van der Waals surface area contributed by atoms with Gasteiger partial charge in [-0.2, -0.15) is 4.37 Å². The fourth-order valence-electron chi connectivity index (χ4n) is 1.50. The van der Waals surface area contributed by atoms with Crippen LogP contribution in [0.5, 0.6) is 0 Å². The zero-order valence-corrected chi connectivity index (χ0v) is 9.34. The molecule has 0 unspecified atom stereocenters. The molecular weight excluding hydrogens is 214 g/mol. The highest BCUT2D eigenvalue weighted by atomic mass is 32.1. The van der Waals surface area contributed by atoms with Gasteiger partial charge in [0.25, 0.3) is 0 Å². The summed E-state index contributed by atoms with van der Waals surface area (Å²) < 4.78 is 8.68. The molecule has 6 heteroatoms. The van der Waals surface area contributed by atoms with Crippen molar-refractivity contribution in [3.63, 3.8) is 0 Å². The van der Waals surface area contributed by atoms with Gasteiger partial charge in [-0.3, -0.25) is 0 Å². The van der Waals surface area contributed by atoms with Crippen molar-refractivity contribution in [2.24, 2.45) is 0 Å². The molecule has 1 aliphatic heterocycles. The van der Waals surface area contributed by atoms with E-state index in [0.29, 0.717) is 5.69 Å². The number of carbonyl (C=O) groups is 1. The van der Waals surface area contributed by atoms with Crippen LogP contribution in [0.25, 0.3) is 0 Å². The molecule has 2 rings (SSSR count). The highest BCUT2D eigenvalue weighted by molar-refractivity contribution is 7.10. The van der Waals surface area contributed by atoms with Crippen molar-refractivity contribution in [3.8, 4) is 0 Å². The Hall–Kier alpha value is -1.14. The Balaban J connectivity index is 2.08. The summed E-state index contributed by atoms with van der Waals surface area (Å²) in [7, 11) is 1.37. The number of rotatable bonds is 2. The van der Waals surface area contributed by atoms with Crippen LogP contribution in [-0.2, 0) is 4.74 Å². The van der Waals surface area contributed by atoms with Crippen molar-refractivity contribution in [2.75, 3.05) is 38.2 Å². The zero-order valence-electron chi connectivity index (χ0n) is 8.52. The number of nitrogens with zero attached hydrogens (tertiary/aromatic N) is 2. The normalized spacial score (nSPS) is 16.5. The number of anilines is 1. The summed E-state index contributed by atoms with van der Waals surface area (Å²) in [5, 5.41) is 4.31. The first-order chi connectivity index (χ1) is 7.31. The number of aromatic nitrogens is 1. The van der Waals surface area contributed by atoms with E-state index >= 15 is 0 Å². The molecule has 0 aromatic carbocycles. The number of nitrogens with one attached hydrogen (secondary N) is 1. The molecule has 5 nitrogen and oxygen atoms in total. The molecule has 0 saturated carbocycles. The minimum atomic E-state index is -0.368. The molecule has 0 radical (unpaired) electrons. The number of methoxy groups -OCH3 is 1. The molecule has 0 spiro atoms. The van der Waals surface area contributed by atoms with Crippen LogP contribution >= 0.6 is 11.5 Å². The topological polar surface area (TPSA) is 54.5 Å². The van der Waals surface area contributed by atoms with Gasteiger partial charge in [0.1, 0.15) is 5.00 Å². The van der Waals surface area contributed by atoms with Crippen molar-refractivity contribution < 1.29 is 9.53 Å². The zero-order chi connectivity index (χ0) is 10.7. The van der Waals surface area contributed by atoms with Crippen LogP contribution in [0.1, 0.15) is 10.5 Å². The Bertz CT molecular complexity index is 347. The van der Waals surface area contributed by atoms with Crippen molar-refractivity contribution >= 4 is 22.5 Å². The number of hydrogen-bond donors (Lipinski definition) is 1. The van der Waals surface area contributed by atoms with E-state index in [1.807, 2.05) is 0 Å². The fourth-order valence-corrected chi connectivity index (χ4v) is 2.28. The maximum atomic E-state index is 11.2. The maximum absolute atomic E-state index is 11.2. The minimum Gasteiger partial charge on any atom is -0.464 e. The molecule has 0 amide bonds. The van der Waals surface area contributed by atoms with Gasteiger partial charge < -0.3 is 15.0 Å². The third-order valence-corrected chi connectivity index (χ3v) is 3.17. The van der Waals surface area contributed by atoms with E-state index in [9.17, 15) is 4.79 Å². The molecule has 1 aromatic heterocycles. The SMILES string of the molecule is COC(=O)c1cc(N2CCNCC2)sn1. The van der Waals surface area contributed by atoms with Gasteiger partial charge in [0.05, 0.1) is 7.11 Å². The second-order valence-electron chi connectivity index (χ2n) is 3.28. The van der Waals surface area contributed by atoms with Crippen molar-refractivity contribution in [3.05, 3.63) is 11.8 Å². The third kappa shape index (κ3) is 2.27. The summed E-state index contributed by atoms with van der Waals surface area (Å²) in [6.45, 7) is 3.88. The van der Waals surface area contributed by atoms with Gasteiger partial charge in [-0.05, 0) is 11.5 Å². The maximum Gasteiger partial charge on any atom is 0.357 e. The Morgan fingerprint density at radius 2 is 2.33 bits per heavy atom. The van der Waals surface area contributed by atoms with E-state index in [0.717, 1.165) is 31.2 Å². The number of piperazine rings is 1. The van der Waals surface area contributed by atoms with Crippen molar-refractivity contribution in [1.29, 1.82) is 0 Å². The Morgan fingerprint density at radius 3 is 3.00 bits per heavy atom. The summed E-state index contributed by atoms with van der Waals surface area (Å²) in [5.41, 5.74) is 0.399. The first kappa shape index (κ1) is 10.4. The van der Waals surface area contributed by atoms with Gasteiger partial charge in [0, 0.05) is 32.2 Å². The van der Waals surface area contributed by atoms with Gasteiger partial charge in [-0.1, -0.05) is 0 Å². The Morgan fingerprint density at radius 1 is 1.60 bits per heavy atom. The molecule has 1 saturated heterocycles. The van der Waals surface area contributed by atoms with Crippen LogP contribution in [0.3, 0.4) is 0 Å². The summed E-state index contributed by atoms with van der Waals surface area (Å²) >= 11 is 1.35. The summed E-state index contributed by atoms with van der Waals surface area (Å²) in [6.07, 6.45) is 0. The highest BCUT2D eigenvalue weighted by Crippen LogP contribution is 2.22. The molecule has 0 atom stereocenters. The summed E-state index contributed by atoms with van der Waals surface area (Å²) in [5.74, 6) is -0.368. The molecule has 15 heavy (non-hydrogen) atoms. The molecule has 0 aliphatic carbocycles. The average Bonchev–Trinajstić information content (AvgIpc) is 2.78. The number of hydrogen-bond acceptors (Lipinski definition) is 6. The van der Waals surface area contributed by atoms with Gasteiger partial charge >= 0.3 is 5.97 Å². The lowest BCUT2D eigenvalue weighted by Crippen LogP contribution is -2.43. The third-order valence-electron chi connectivity index (χ3n) is 2.32. The Kier molecular flexibility index (Phi) is 3.17. The number of carbonyl (C=O) groups excluding carboxylic acids is 1. The van der Waals surface area contributed by atoms with Crippen LogP contribution in [0.2, 0.25) is 0 Å². The molecule has 82 valence electrons. The van der Waals surface area contributed by atoms with E-state index in [2.05, 4.69) is 19.3 Å². The number of esters is 1. The first-order valence-corrected chi connectivity index (χ1v) is 5.59. The second-order valence-corrected chi connectivity index (χ2v) is 4.06. The van der Waals surface area contributed by atoms with Crippen molar-refractivity contribution in [2.45, 2.75) is 0 Å². The molecule has 1 aromatic rings. The predicted octanol–water partition coefficient (Wildman–Crippen LogP) is 0.339. The standard InChI is InChI=1S/C9H13N3O2S/c1-14-9(13)7-6-8(15-11-7)12-4-2-10-3-5-12/h6,10H,2-5H2,1H3. The van der Waals surface area contributed by atoms with E-state index in [4.69, 9.17) is 0 Å². The summed E-state index contributed by atoms with van der Waals surface area (Å²) in [4.78, 5) is 13.4.